The number of hydrogen-bond acceptors (Lipinski definition) is 7. The van der Waals surface area contributed by atoms with E-state index in [4.69, 9.17) is 14.9 Å². The first-order chi connectivity index (χ1) is 21.5. The van der Waals surface area contributed by atoms with Crippen LogP contribution in [0.4, 0.5) is 0 Å². The van der Waals surface area contributed by atoms with Crippen molar-refractivity contribution in [2.45, 2.75) is 100 Å². The van der Waals surface area contributed by atoms with Crippen molar-refractivity contribution >= 4 is 29.1 Å². The van der Waals surface area contributed by atoms with Gasteiger partial charge in [0.05, 0.1) is 12.8 Å². The van der Waals surface area contributed by atoms with Crippen LogP contribution in [-0.2, 0) is 11.2 Å². The molecule has 0 bridgehead atoms. The maximum Gasteiger partial charge on any atom is 0.220 e. The summed E-state index contributed by atoms with van der Waals surface area (Å²) in [6.45, 7) is 20.8. The molecule has 1 fully saturated rings. The van der Waals surface area contributed by atoms with Crippen molar-refractivity contribution < 1.29 is 4.74 Å². The Morgan fingerprint density at radius 1 is 0.909 bits per heavy atom. The fraction of sp³-hybridized carbons (Fsp3) is 0.556. The summed E-state index contributed by atoms with van der Waals surface area (Å²) in [4.78, 5) is 7.02. The minimum absolute atomic E-state index is 0.736. The van der Waals surface area contributed by atoms with Crippen molar-refractivity contribution in [2.24, 2.45) is 10.2 Å². The van der Waals surface area contributed by atoms with Gasteiger partial charge in [0.2, 0.25) is 5.88 Å². The van der Waals surface area contributed by atoms with E-state index >= 15 is 0 Å². The molecule has 3 aliphatic heterocycles. The third kappa shape index (κ3) is 8.56. The van der Waals surface area contributed by atoms with E-state index in [-0.39, 0.29) is 0 Å². The number of amidine groups is 1. The van der Waals surface area contributed by atoms with Gasteiger partial charge in [0.1, 0.15) is 11.7 Å². The lowest BCUT2D eigenvalue weighted by Gasteiger charge is -2.29. The monoisotopic (exact) mass is 601 g/mol. The molecular formula is C36H55N7O. The average Bonchev–Trinajstić information content (AvgIpc) is 3.20. The molecule has 1 aromatic carbocycles. The second-order valence-electron chi connectivity index (χ2n) is 11.2. The molecule has 4 heterocycles. The van der Waals surface area contributed by atoms with Crippen LogP contribution in [0.3, 0.4) is 0 Å². The van der Waals surface area contributed by atoms with Gasteiger partial charge in [-0.15, -0.1) is 15.3 Å². The van der Waals surface area contributed by atoms with Gasteiger partial charge in [-0.05, 0) is 55.9 Å². The Morgan fingerprint density at radius 2 is 1.59 bits per heavy atom. The van der Waals surface area contributed by atoms with Crippen molar-refractivity contribution in [3.8, 4) is 0 Å². The Bertz CT molecular complexity index is 1390. The molecule has 0 amide bonds. The SMILES string of the molecule is CC.CCC.CCCc1cc(C2=C(OC)n3nc(C)nc3C=C(CC)C2)ccc1C1=NN=C(N2CCNCC2)CC(CC)=C1. The van der Waals surface area contributed by atoms with Gasteiger partial charge in [0, 0.05) is 43.7 Å². The highest BCUT2D eigenvalue weighted by atomic mass is 16.5. The van der Waals surface area contributed by atoms with Gasteiger partial charge in [0.25, 0.3) is 0 Å². The molecule has 8 nitrogen and oxygen atoms in total. The fourth-order valence-electron chi connectivity index (χ4n) is 5.59. The fourth-order valence-corrected chi connectivity index (χ4v) is 5.59. The Kier molecular flexibility index (Phi) is 14.1. The normalized spacial score (nSPS) is 16.5. The van der Waals surface area contributed by atoms with Gasteiger partial charge in [0.15, 0.2) is 5.82 Å². The minimum atomic E-state index is 0.736. The van der Waals surface area contributed by atoms with Crippen LogP contribution < -0.4 is 5.32 Å². The Labute approximate surface area is 266 Å². The first kappa shape index (κ1) is 35.0. The van der Waals surface area contributed by atoms with E-state index in [0.29, 0.717) is 0 Å². The molecule has 2 aromatic rings. The van der Waals surface area contributed by atoms with Crippen molar-refractivity contribution in [3.63, 3.8) is 0 Å². The predicted octanol–water partition coefficient (Wildman–Crippen LogP) is 7.90. The number of benzene rings is 1. The summed E-state index contributed by atoms with van der Waals surface area (Å²) in [5.41, 5.74) is 8.36. The maximum absolute atomic E-state index is 5.98. The smallest absolute Gasteiger partial charge is 0.220 e. The second-order valence-corrected chi connectivity index (χ2v) is 11.2. The Hall–Kier alpha value is -3.52. The number of methoxy groups -OCH3 is 1. The van der Waals surface area contributed by atoms with Crippen LogP contribution in [0.15, 0.2) is 45.6 Å². The van der Waals surface area contributed by atoms with E-state index in [1.54, 1.807) is 7.11 Å². The molecule has 0 unspecified atom stereocenters. The van der Waals surface area contributed by atoms with E-state index in [1.165, 1.54) is 23.1 Å². The summed E-state index contributed by atoms with van der Waals surface area (Å²) >= 11 is 0. The highest BCUT2D eigenvalue weighted by molar-refractivity contribution is 6.11. The number of ether oxygens (including phenoxy) is 1. The van der Waals surface area contributed by atoms with E-state index in [1.807, 2.05) is 25.5 Å². The van der Waals surface area contributed by atoms with Gasteiger partial charge in [-0.3, -0.25) is 0 Å². The highest BCUT2D eigenvalue weighted by Crippen LogP contribution is 2.35. The summed E-state index contributed by atoms with van der Waals surface area (Å²) in [7, 11) is 1.72. The number of aromatic nitrogens is 3. The van der Waals surface area contributed by atoms with Crippen molar-refractivity contribution in [1.82, 2.24) is 25.0 Å². The zero-order valence-electron chi connectivity index (χ0n) is 28.8. The third-order valence-electron chi connectivity index (χ3n) is 7.76. The first-order valence-electron chi connectivity index (χ1n) is 16.8. The summed E-state index contributed by atoms with van der Waals surface area (Å²) in [6.07, 6.45) is 11.3. The molecule has 0 radical (unpaired) electrons. The molecule has 0 aliphatic carbocycles. The number of nitrogens with one attached hydrogen (secondary N) is 1. The standard InChI is InChI=1S/C31H41N7O.C3H8.C2H6/c1-6-9-24-20-25(27-16-22(7-2)18-29-33-21(4)36-38(29)31(27)39-5)10-11-26(24)28-17-23(8-3)19-30(35-34-28)37-14-12-32-13-15-37;1-3-2;1-2/h10-11,17-18,20,32H,6-9,12-16,19H2,1-5H3;3H2,1-2H3;1-2H3. The summed E-state index contributed by atoms with van der Waals surface area (Å²) in [5, 5.41) is 17.7. The molecule has 240 valence electrons. The lowest BCUT2D eigenvalue weighted by Crippen LogP contribution is -2.46. The lowest BCUT2D eigenvalue weighted by atomic mass is 9.90. The molecular weight excluding hydrogens is 546 g/mol. The van der Waals surface area contributed by atoms with E-state index in [2.05, 4.69) is 85.3 Å². The summed E-state index contributed by atoms with van der Waals surface area (Å²) < 4.78 is 7.82. The van der Waals surface area contributed by atoms with Crippen molar-refractivity contribution in [1.29, 1.82) is 0 Å². The van der Waals surface area contributed by atoms with Crippen LogP contribution in [0.1, 0.15) is 115 Å². The molecule has 3 aliphatic rings. The number of fused-ring (bicyclic) bond motifs is 1. The molecule has 8 heteroatoms. The second kappa shape index (κ2) is 17.7. The summed E-state index contributed by atoms with van der Waals surface area (Å²) in [5.74, 6) is 3.38. The average molecular weight is 602 g/mol. The van der Waals surface area contributed by atoms with E-state index in [9.17, 15) is 0 Å². The topological polar surface area (TPSA) is 79.9 Å². The van der Waals surface area contributed by atoms with Crippen LogP contribution in [0.2, 0.25) is 0 Å². The zero-order valence-corrected chi connectivity index (χ0v) is 28.8. The molecule has 1 saturated heterocycles. The van der Waals surface area contributed by atoms with Crippen molar-refractivity contribution in [2.75, 3.05) is 33.3 Å². The van der Waals surface area contributed by atoms with Gasteiger partial charge in [-0.1, -0.05) is 90.7 Å². The number of nitrogens with zero attached hydrogens (tertiary/aromatic N) is 6. The number of rotatable bonds is 7. The quantitative estimate of drug-likeness (QED) is 0.349. The van der Waals surface area contributed by atoms with Crippen molar-refractivity contribution in [3.05, 3.63) is 63.8 Å². The van der Waals surface area contributed by atoms with E-state index < -0.39 is 0 Å². The Balaban J connectivity index is 0.000000997. The number of hydrogen-bond donors (Lipinski definition) is 1. The largest absolute Gasteiger partial charge is 0.481 e. The van der Waals surface area contributed by atoms with Crippen LogP contribution in [0, 0.1) is 6.92 Å². The number of aryl methyl sites for hydroxylation is 2. The molecule has 0 saturated carbocycles. The van der Waals surface area contributed by atoms with Crippen LogP contribution in [-0.4, -0.2) is 64.5 Å². The van der Waals surface area contributed by atoms with Gasteiger partial charge in [-0.25, -0.2) is 4.98 Å². The number of allylic oxidation sites excluding steroid dienone is 3. The first-order valence-corrected chi connectivity index (χ1v) is 16.8. The minimum Gasteiger partial charge on any atom is -0.481 e. The molecule has 0 spiro atoms. The third-order valence-corrected chi connectivity index (χ3v) is 7.76. The van der Waals surface area contributed by atoms with Crippen LogP contribution in [0.5, 0.6) is 0 Å². The van der Waals surface area contributed by atoms with Crippen LogP contribution in [0.25, 0.3) is 17.5 Å². The molecule has 0 atom stereocenters. The maximum atomic E-state index is 5.98. The van der Waals surface area contributed by atoms with E-state index in [0.717, 1.165) is 110 Å². The molecule has 44 heavy (non-hydrogen) atoms. The van der Waals surface area contributed by atoms with Gasteiger partial charge < -0.3 is 15.0 Å². The zero-order chi connectivity index (χ0) is 32.1. The molecule has 1 aromatic heterocycles. The van der Waals surface area contributed by atoms with Gasteiger partial charge >= 0.3 is 0 Å². The molecule has 5 rings (SSSR count). The molecule has 1 N–H and O–H groups in total. The Morgan fingerprint density at radius 3 is 2.23 bits per heavy atom. The number of piperazine rings is 1. The summed E-state index contributed by atoms with van der Waals surface area (Å²) in [6, 6.07) is 6.75. The highest BCUT2D eigenvalue weighted by Gasteiger charge is 2.24. The van der Waals surface area contributed by atoms with Crippen LogP contribution >= 0.6 is 0 Å². The van der Waals surface area contributed by atoms with Gasteiger partial charge in [-0.2, -0.15) is 4.68 Å². The predicted molar refractivity (Wildman–Crippen MR) is 187 cm³/mol. The lowest BCUT2D eigenvalue weighted by molar-refractivity contribution is 0.337.